The minimum Gasteiger partial charge on any atom is -0.325 e. The number of halogens is 1. The zero-order chi connectivity index (χ0) is 22.4. The van der Waals surface area contributed by atoms with Crippen LogP contribution in [0, 0.1) is 5.82 Å². The smallest absolute Gasteiger partial charge is 0.258 e. The van der Waals surface area contributed by atoms with Gasteiger partial charge < -0.3 is 10.6 Å². The van der Waals surface area contributed by atoms with Crippen molar-refractivity contribution in [2.24, 2.45) is 0 Å². The zero-order valence-corrected chi connectivity index (χ0v) is 18.5. The van der Waals surface area contributed by atoms with Crippen molar-refractivity contribution in [2.75, 3.05) is 10.6 Å². The van der Waals surface area contributed by atoms with Crippen LogP contribution in [0.4, 0.5) is 15.8 Å². The van der Waals surface area contributed by atoms with E-state index in [9.17, 15) is 14.0 Å². The SMILES string of the molecule is CC(Sc1cccc(NC(=O)c2ccccc2F)c1)C(=O)Nc1ccc(C(C)C)cc1. The number of hydrogen-bond donors (Lipinski definition) is 2. The first kappa shape index (κ1) is 22.6. The van der Waals surface area contributed by atoms with Gasteiger partial charge in [-0.05, 0) is 60.9 Å². The van der Waals surface area contributed by atoms with Gasteiger partial charge in [0.1, 0.15) is 5.82 Å². The van der Waals surface area contributed by atoms with E-state index in [0.717, 1.165) is 10.6 Å². The molecule has 160 valence electrons. The lowest BCUT2D eigenvalue weighted by Gasteiger charge is -2.14. The van der Waals surface area contributed by atoms with Crippen LogP contribution in [-0.4, -0.2) is 17.1 Å². The van der Waals surface area contributed by atoms with Gasteiger partial charge in [-0.15, -0.1) is 11.8 Å². The first-order chi connectivity index (χ1) is 14.8. The predicted molar refractivity (Wildman–Crippen MR) is 125 cm³/mol. The summed E-state index contributed by atoms with van der Waals surface area (Å²) < 4.78 is 13.8. The Hall–Kier alpha value is -3.12. The van der Waals surface area contributed by atoms with Gasteiger partial charge in [0, 0.05) is 16.3 Å². The Labute approximate surface area is 186 Å². The molecule has 1 atom stereocenters. The average molecular weight is 437 g/mol. The molecule has 0 bridgehead atoms. The van der Waals surface area contributed by atoms with Crippen molar-refractivity contribution in [3.8, 4) is 0 Å². The standard InChI is InChI=1S/C25H25FN2O2S/c1-16(2)18-11-13-19(14-12-18)27-24(29)17(3)31-21-8-6-7-20(15-21)28-25(30)22-9-4-5-10-23(22)26/h4-17H,1-3H3,(H,27,29)(H,28,30). The van der Waals surface area contributed by atoms with Gasteiger partial charge in [-0.25, -0.2) is 4.39 Å². The number of hydrogen-bond acceptors (Lipinski definition) is 3. The monoisotopic (exact) mass is 436 g/mol. The van der Waals surface area contributed by atoms with E-state index in [1.807, 2.05) is 37.3 Å². The van der Waals surface area contributed by atoms with Crippen molar-refractivity contribution in [3.63, 3.8) is 0 Å². The lowest BCUT2D eigenvalue weighted by Crippen LogP contribution is -2.22. The molecule has 0 aliphatic heterocycles. The normalized spacial score (nSPS) is 11.8. The van der Waals surface area contributed by atoms with Gasteiger partial charge in [-0.2, -0.15) is 0 Å². The largest absolute Gasteiger partial charge is 0.325 e. The predicted octanol–water partition coefficient (Wildman–Crippen LogP) is 6.32. The third kappa shape index (κ3) is 6.18. The third-order valence-corrected chi connectivity index (χ3v) is 5.83. The molecule has 6 heteroatoms. The molecular weight excluding hydrogens is 411 g/mol. The second-order valence-corrected chi connectivity index (χ2v) is 8.90. The Kier molecular flexibility index (Phi) is 7.47. The summed E-state index contributed by atoms with van der Waals surface area (Å²) >= 11 is 1.38. The second-order valence-electron chi connectivity index (χ2n) is 7.49. The lowest BCUT2D eigenvalue weighted by atomic mass is 10.0. The molecule has 3 aromatic carbocycles. The van der Waals surface area contributed by atoms with Gasteiger partial charge in [0.25, 0.3) is 5.91 Å². The molecule has 0 heterocycles. The summed E-state index contributed by atoms with van der Waals surface area (Å²) in [6.07, 6.45) is 0. The van der Waals surface area contributed by atoms with Crippen molar-refractivity contribution in [2.45, 2.75) is 36.8 Å². The number of anilines is 2. The number of carbonyl (C=O) groups is 2. The van der Waals surface area contributed by atoms with E-state index >= 15 is 0 Å². The zero-order valence-electron chi connectivity index (χ0n) is 17.7. The summed E-state index contributed by atoms with van der Waals surface area (Å²) in [5.41, 5.74) is 2.49. The highest BCUT2D eigenvalue weighted by Gasteiger charge is 2.16. The molecule has 0 spiro atoms. The van der Waals surface area contributed by atoms with Crippen molar-refractivity contribution < 1.29 is 14.0 Å². The second kappa shape index (κ2) is 10.3. The summed E-state index contributed by atoms with van der Waals surface area (Å²) in [5, 5.41) is 5.29. The van der Waals surface area contributed by atoms with E-state index in [4.69, 9.17) is 0 Å². The number of amides is 2. The molecule has 0 saturated heterocycles. The number of rotatable bonds is 7. The summed E-state index contributed by atoms with van der Waals surface area (Å²) in [6.45, 7) is 6.07. The quantitative estimate of drug-likeness (QED) is 0.426. The van der Waals surface area contributed by atoms with Gasteiger partial charge in [-0.1, -0.05) is 44.2 Å². The minimum absolute atomic E-state index is 0.0169. The first-order valence-electron chi connectivity index (χ1n) is 10.1. The van der Waals surface area contributed by atoms with Crippen LogP contribution in [-0.2, 0) is 4.79 Å². The van der Waals surface area contributed by atoms with Gasteiger partial charge in [0.15, 0.2) is 0 Å². The molecule has 0 saturated carbocycles. The van der Waals surface area contributed by atoms with Crippen LogP contribution in [0.3, 0.4) is 0 Å². The number of nitrogens with one attached hydrogen (secondary N) is 2. The summed E-state index contributed by atoms with van der Waals surface area (Å²) in [4.78, 5) is 25.7. The lowest BCUT2D eigenvalue weighted by molar-refractivity contribution is -0.115. The van der Waals surface area contributed by atoms with Crippen LogP contribution in [0.5, 0.6) is 0 Å². The average Bonchev–Trinajstić information content (AvgIpc) is 2.74. The highest BCUT2D eigenvalue weighted by molar-refractivity contribution is 8.00. The van der Waals surface area contributed by atoms with Crippen molar-refractivity contribution in [1.82, 2.24) is 0 Å². The van der Waals surface area contributed by atoms with Crippen molar-refractivity contribution in [1.29, 1.82) is 0 Å². The fourth-order valence-electron chi connectivity index (χ4n) is 2.94. The molecule has 0 aromatic heterocycles. The molecule has 4 nitrogen and oxygen atoms in total. The number of carbonyl (C=O) groups excluding carboxylic acids is 2. The fraction of sp³-hybridized carbons (Fsp3) is 0.200. The van der Waals surface area contributed by atoms with E-state index < -0.39 is 11.7 Å². The van der Waals surface area contributed by atoms with Crippen molar-refractivity contribution in [3.05, 3.63) is 89.7 Å². The van der Waals surface area contributed by atoms with E-state index in [-0.39, 0.29) is 16.7 Å². The highest BCUT2D eigenvalue weighted by Crippen LogP contribution is 2.27. The Morgan fingerprint density at radius 3 is 2.23 bits per heavy atom. The highest BCUT2D eigenvalue weighted by atomic mass is 32.2. The Balaban J connectivity index is 1.61. The molecule has 0 radical (unpaired) electrons. The maximum atomic E-state index is 13.8. The Morgan fingerprint density at radius 2 is 1.55 bits per heavy atom. The topological polar surface area (TPSA) is 58.2 Å². The summed E-state index contributed by atoms with van der Waals surface area (Å²) in [5.74, 6) is -0.762. The van der Waals surface area contributed by atoms with E-state index in [1.165, 1.54) is 35.5 Å². The van der Waals surface area contributed by atoms with Gasteiger partial charge in [0.2, 0.25) is 5.91 Å². The molecular formula is C25H25FN2O2S. The Morgan fingerprint density at radius 1 is 0.839 bits per heavy atom. The summed E-state index contributed by atoms with van der Waals surface area (Å²) in [7, 11) is 0. The van der Waals surface area contributed by atoms with Crippen molar-refractivity contribution >= 4 is 35.0 Å². The van der Waals surface area contributed by atoms with Crippen LogP contribution < -0.4 is 10.6 Å². The molecule has 0 aliphatic carbocycles. The molecule has 1 unspecified atom stereocenters. The molecule has 3 rings (SSSR count). The van der Waals surface area contributed by atoms with E-state index in [0.29, 0.717) is 11.6 Å². The maximum absolute atomic E-state index is 13.8. The van der Waals surface area contributed by atoms with Crippen LogP contribution in [0.25, 0.3) is 0 Å². The fourth-order valence-corrected chi connectivity index (χ4v) is 3.87. The van der Waals surface area contributed by atoms with Crippen LogP contribution in [0.2, 0.25) is 0 Å². The summed E-state index contributed by atoms with van der Waals surface area (Å²) in [6, 6.07) is 20.8. The molecule has 0 aliphatic rings. The van der Waals surface area contributed by atoms with Crippen LogP contribution >= 0.6 is 11.8 Å². The van der Waals surface area contributed by atoms with Gasteiger partial charge in [0.05, 0.1) is 10.8 Å². The van der Waals surface area contributed by atoms with Gasteiger partial charge in [-0.3, -0.25) is 9.59 Å². The molecule has 31 heavy (non-hydrogen) atoms. The van der Waals surface area contributed by atoms with Crippen LogP contribution in [0.1, 0.15) is 42.6 Å². The number of thioether (sulfide) groups is 1. The van der Waals surface area contributed by atoms with E-state index in [1.54, 1.807) is 24.3 Å². The van der Waals surface area contributed by atoms with E-state index in [2.05, 4.69) is 24.5 Å². The Bertz CT molecular complexity index is 1070. The first-order valence-corrected chi connectivity index (χ1v) is 10.9. The molecule has 2 N–H and O–H groups in total. The molecule has 0 fully saturated rings. The van der Waals surface area contributed by atoms with Gasteiger partial charge >= 0.3 is 0 Å². The van der Waals surface area contributed by atoms with Crippen LogP contribution in [0.15, 0.2) is 77.7 Å². The molecule has 2 amide bonds. The minimum atomic E-state index is -0.572. The number of benzene rings is 3. The molecule has 3 aromatic rings. The maximum Gasteiger partial charge on any atom is 0.258 e. The third-order valence-electron chi connectivity index (χ3n) is 4.74.